The first-order chi connectivity index (χ1) is 20.0. The molecule has 1 aliphatic heterocycles. The third kappa shape index (κ3) is 7.11. The van der Waals surface area contributed by atoms with Crippen molar-refractivity contribution in [2.24, 2.45) is 0 Å². The molecular formula is C31H34ClNO9. The minimum atomic E-state index is -1.28. The van der Waals surface area contributed by atoms with Gasteiger partial charge in [0.15, 0.2) is 24.5 Å². The van der Waals surface area contributed by atoms with Crippen molar-refractivity contribution in [3.63, 3.8) is 0 Å². The van der Waals surface area contributed by atoms with Crippen molar-refractivity contribution in [3.8, 4) is 0 Å². The quantitative estimate of drug-likeness (QED) is 0.254. The number of aryl methyl sites for hydroxylation is 1. The third-order valence-corrected chi connectivity index (χ3v) is 7.27. The van der Waals surface area contributed by atoms with E-state index in [2.05, 4.69) is 31.2 Å². The van der Waals surface area contributed by atoms with Gasteiger partial charge in [-0.1, -0.05) is 48.9 Å². The van der Waals surface area contributed by atoms with Crippen LogP contribution in [0.25, 0.3) is 10.9 Å². The van der Waals surface area contributed by atoms with Gasteiger partial charge in [-0.3, -0.25) is 19.2 Å². The monoisotopic (exact) mass is 599 g/mol. The Balaban J connectivity index is 1.86. The van der Waals surface area contributed by atoms with E-state index in [-0.39, 0.29) is 6.61 Å². The predicted molar refractivity (Wildman–Crippen MR) is 153 cm³/mol. The van der Waals surface area contributed by atoms with E-state index in [9.17, 15) is 19.2 Å². The molecule has 4 rings (SSSR count). The Morgan fingerprint density at radius 2 is 1.40 bits per heavy atom. The first kappa shape index (κ1) is 31.1. The summed E-state index contributed by atoms with van der Waals surface area (Å²) in [5.41, 5.74) is 3.83. The number of halogens is 1. The van der Waals surface area contributed by atoms with Crippen molar-refractivity contribution in [2.75, 3.05) is 6.61 Å². The summed E-state index contributed by atoms with van der Waals surface area (Å²) in [6.07, 6.45) is -2.59. The molecule has 0 aliphatic carbocycles. The maximum atomic E-state index is 12.3. The molecule has 0 unspecified atom stereocenters. The van der Waals surface area contributed by atoms with Crippen molar-refractivity contribution in [1.82, 2.24) is 4.57 Å². The highest BCUT2D eigenvalue weighted by Gasteiger charge is 2.53. The number of aromatic nitrogens is 1. The fraction of sp³-hybridized carbons (Fsp3) is 0.419. The summed E-state index contributed by atoms with van der Waals surface area (Å²) in [6, 6.07) is 13.7. The van der Waals surface area contributed by atoms with Gasteiger partial charge >= 0.3 is 23.9 Å². The third-order valence-electron chi connectivity index (χ3n) is 6.95. The lowest BCUT2D eigenvalue weighted by Crippen LogP contribution is -2.60. The number of carbonyl (C=O) groups is 4. The van der Waals surface area contributed by atoms with Gasteiger partial charge in [0.25, 0.3) is 0 Å². The second-order valence-corrected chi connectivity index (χ2v) is 10.5. The smallest absolute Gasteiger partial charge is 0.303 e. The van der Waals surface area contributed by atoms with Crippen LogP contribution in [-0.2, 0) is 55.7 Å². The molecule has 10 nitrogen and oxygen atoms in total. The SMILES string of the molecule is CCc1ccc(Cc2cn([C@@H]3O[C@H](COC(C)=O)[C@@H](OC(C)=O)[C@H](OC(C)=O)[C@H]3OC(C)=O)c3cccc(Cl)c23)cc1. The Bertz CT molecular complexity index is 1470. The lowest BCUT2D eigenvalue weighted by atomic mass is 9.97. The number of nitrogens with zero attached hydrogens (tertiary/aromatic N) is 1. The zero-order valence-electron chi connectivity index (χ0n) is 24.1. The van der Waals surface area contributed by atoms with Crippen LogP contribution in [0.1, 0.15) is 57.5 Å². The van der Waals surface area contributed by atoms with Crippen molar-refractivity contribution in [1.29, 1.82) is 0 Å². The second-order valence-electron chi connectivity index (χ2n) is 10.1. The summed E-state index contributed by atoms with van der Waals surface area (Å²) < 4.78 is 30.2. The van der Waals surface area contributed by atoms with Crippen LogP contribution in [0.3, 0.4) is 0 Å². The lowest BCUT2D eigenvalue weighted by Gasteiger charge is -2.44. The molecule has 0 amide bonds. The molecule has 11 heteroatoms. The Hall–Kier alpha value is -3.89. The molecule has 0 N–H and O–H groups in total. The molecule has 0 saturated carbocycles. The van der Waals surface area contributed by atoms with Gasteiger partial charge in [0.2, 0.25) is 0 Å². The standard InChI is InChI=1S/C31H34ClNO9/c1-6-21-10-12-22(13-11-21)14-23-15-33(25-9-7-8-24(32)27(23)25)31-30(41-20(5)37)29(40-19(4)36)28(39-18(3)35)26(42-31)16-38-17(2)34/h7-13,15,26,28-31H,6,14,16H2,1-5H3/t26-,28-,29+,30-,31-/m1/s1. The number of hydrogen-bond acceptors (Lipinski definition) is 9. The van der Waals surface area contributed by atoms with Crippen molar-refractivity contribution in [2.45, 2.75) is 78.1 Å². The van der Waals surface area contributed by atoms with Gasteiger partial charge in [-0.2, -0.15) is 0 Å². The first-order valence-electron chi connectivity index (χ1n) is 13.6. The van der Waals surface area contributed by atoms with E-state index >= 15 is 0 Å². The molecule has 1 saturated heterocycles. The summed E-state index contributed by atoms with van der Waals surface area (Å²) in [7, 11) is 0. The largest absolute Gasteiger partial charge is 0.463 e. The topological polar surface area (TPSA) is 119 Å². The van der Waals surface area contributed by atoms with Crippen molar-refractivity contribution < 1.29 is 42.9 Å². The van der Waals surface area contributed by atoms with Gasteiger partial charge < -0.3 is 28.3 Å². The van der Waals surface area contributed by atoms with E-state index in [1.54, 1.807) is 16.7 Å². The van der Waals surface area contributed by atoms with Crippen molar-refractivity contribution >= 4 is 46.4 Å². The molecule has 1 aliphatic rings. The van der Waals surface area contributed by atoms with Gasteiger partial charge in [-0.15, -0.1) is 0 Å². The molecule has 1 aromatic heterocycles. The summed E-state index contributed by atoms with van der Waals surface area (Å²) in [5, 5.41) is 1.28. The molecule has 0 bridgehead atoms. The van der Waals surface area contributed by atoms with Gasteiger partial charge in [-0.25, -0.2) is 0 Å². The van der Waals surface area contributed by atoms with Gasteiger partial charge in [-0.05, 0) is 41.7 Å². The fourth-order valence-corrected chi connectivity index (χ4v) is 5.53. The van der Waals surface area contributed by atoms with Crippen LogP contribution in [0.15, 0.2) is 48.7 Å². The molecule has 5 atom stereocenters. The number of benzene rings is 2. The zero-order valence-corrected chi connectivity index (χ0v) is 24.9. The molecule has 42 heavy (non-hydrogen) atoms. The predicted octanol–water partition coefficient (Wildman–Crippen LogP) is 4.70. The Morgan fingerprint density at radius 3 is 2.00 bits per heavy atom. The first-order valence-corrected chi connectivity index (χ1v) is 14.0. The van der Waals surface area contributed by atoms with Crippen LogP contribution in [0.2, 0.25) is 5.02 Å². The summed E-state index contributed by atoms with van der Waals surface area (Å²) in [4.78, 5) is 48.4. The number of hydrogen-bond donors (Lipinski definition) is 0. The average Bonchev–Trinajstić information content (AvgIpc) is 3.28. The average molecular weight is 600 g/mol. The van der Waals surface area contributed by atoms with Gasteiger partial charge in [0.05, 0.1) is 10.5 Å². The van der Waals surface area contributed by atoms with Crippen LogP contribution < -0.4 is 0 Å². The van der Waals surface area contributed by atoms with Crippen LogP contribution in [0, 0.1) is 0 Å². The highest BCUT2D eigenvalue weighted by atomic mass is 35.5. The maximum absolute atomic E-state index is 12.3. The normalized spacial score (nSPS) is 21.9. The number of ether oxygens (including phenoxy) is 5. The minimum absolute atomic E-state index is 0.315. The van der Waals surface area contributed by atoms with Crippen LogP contribution in [0.4, 0.5) is 0 Å². The van der Waals surface area contributed by atoms with Crippen LogP contribution in [0.5, 0.6) is 0 Å². The Labute approximate surface area is 248 Å². The molecule has 2 heterocycles. The summed E-state index contributed by atoms with van der Waals surface area (Å²) in [6.45, 7) is 6.59. The van der Waals surface area contributed by atoms with E-state index < -0.39 is 54.5 Å². The van der Waals surface area contributed by atoms with Crippen LogP contribution >= 0.6 is 11.6 Å². The molecular weight excluding hydrogens is 566 g/mol. The molecule has 0 radical (unpaired) electrons. The van der Waals surface area contributed by atoms with E-state index in [0.29, 0.717) is 17.0 Å². The lowest BCUT2D eigenvalue weighted by molar-refractivity contribution is -0.267. The van der Waals surface area contributed by atoms with E-state index in [4.69, 9.17) is 35.3 Å². The summed E-state index contributed by atoms with van der Waals surface area (Å²) >= 11 is 6.72. The number of fused-ring (bicyclic) bond motifs is 1. The highest BCUT2D eigenvalue weighted by molar-refractivity contribution is 6.35. The van der Waals surface area contributed by atoms with E-state index in [1.807, 2.05) is 12.3 Å². The fourth-order valence-electron chi connectivity index (χ4n) is 5.23. The molecule has 0 spiro atoms. The van der Waals surface area contributed by atoms with Crippen molar-refractivity contribution in [3.05, 3.63) is 70.4 Å². The van der Waals surface area contributed by atoms with Crippen LogP contribution in [-0.4, -0.2) is 59.5 Å². The maximum Gasteiger partial charge on any atom is 0.303 e. The Morgan fingerprint density at radius 1 is 0.810 bits per heavy atom. The minimum Gasteiger partial charge on any atom is -0.463 e. The number of esters is 4. The number of carbonyl (C=O) groups excluding carboxylic acids is 4. The molecule has 2 aromatic carbocycles. The van der Waals surface area contributed by atoms with Gasteiger partial charge in [0.1, 0.15) is 12.7 Å². The second kappa shape index (κ2) is 13.4. The Kier molecular flexibility index (Phi) is 9.90. The molecule has 224 valence electrons. The molecule has 3 aromatic rings. The van der Waals surface area contributed by atoms with E-state index in [0.717, 1.165) is 22.9 Å². The number of rotatable bonds is 9. The molecule has 1 fully saturated rings. The van der Waals surface area contributed by atoms with E-state index in [1.165, 1.54) is 33.3 Å². The summed E-state index contributed by atoms with van der Waals surface area (Å²) in [5.74, 6) is -2.64. The van der Waals surface area contributed by atoms with Gasteiger partial charge in [0, 0.05) is 39.3 Å². The highest BCUT2D eigenvalue weighted by Crippen LogP contribution is 2.39. The zero-order chi connectivity index (χ0) is 30.6.